The third kappa shape index (κ3) is 4.64. The molecule has 0 saturated heterocycles. The van der Waals surface area contributed by atoms with Gasteiger partial charge in [-0.1, -0.05) is 6.92 Å². The molecule has 0 rings (SSSR count). The fourth-order valence-corrected chi connectivity index (χ4v) is 0.657. The second kappa shape index (κ2) is 5.56. The van der Waals surface area contributed by atoms with Crippen molar-refractivity contribution >= 4 is 18.9 Å². The third-order valence-corrected chi connectivity index (χ3v) is 1.08. The van der Waals surface area contributed by atoms with Crippen molar-refractivity contribution < 1.29 is 13.7 Å². The summed E-state index contributed by atoms with van der Waals surface area (Å²) in [4.78, 5) is 10.6. The zero-order valence-corrected chi connectivity index (χ0v) is 7.06. The maximum absolute atomic E-state index is 10.6. The van der Waals surface area contributed by atoms with Crippen LogP contribution in [0.3, 0.4) is 0 Å². The van der Waals surface area contributed by atoms with Crippen LogP contribution in [0.4, 0.5) is 0 Å². The summed E-state index contributed by atoms with van der Waals surface area (Å²) in [6.45, 7) is 3.83. The number of carbonyl (C=O) groups is 1. The Balaban J connectivity index is 3.37. The SMILES string of the molecule is CCC(=O)OC(C)COS. The third-order valence-electron chi connectivity index (χ3n) is 0.931. The Bertz CT molecular complexity index is 105. The largest absolute Gasteiger partial charge is 0.460 e. The van der Waals surface area contributed by atoms with Crippen molar-refractivity contribution in [3.63, 3.8) is 0 Å². The first-order valence-corrected chi connectivity index (χ1v) is 3.53. The molecule has 0 radical (unpaired) electrons. The minimum absolute atomic E-state index is 0.204. The van der Waals surface area contributed by atoms with Crippen LogP contribution in [0.25, 0.3) is 0 Å². The lowest BCUT2D eigenvalue weighted by molar-refractivity contribution is -0.148. The summed E-state index contributed by atoms with van der Waals surface area (Å²) in [5, 5.41) is 0. The maximum Gasteiger partial charge on any atom is 0.305 e. The van der Waals surface area contributed by atoms with Crippen LogP contribution >= 0.6 is 12.9 Å². The summed E-state index contributed by atoms with van der Waals surface area (Å²) in [5.41, 5.74) is 0. The zero-order valence-electron chi connectivity index (χ0n) is 6.16. The molecule has 10 heavy (non-hydrogen) atoms. The molecule has 0 heterocycles. The Morgan fingerprint density at radius 1 is 1.70 bits per heavy atom. The van der Waals surface area contributed by atoms with Crippen LogP contribution in [0, 0.1) is 0 Å². The first kappa shape index (κ1) is 9.78. The molecule has 3 nitrogen and oxygen atoms in total. The predicted molar refractivity (Wildman–Crippen MR) is 40.8 cm³/mol. The van der Waals surface area contributed by atoms with Gasteiger partial charge in [0.2, 0.25) is 0 Å². The van der Waals surface area contributed by atoms with Crippen LogP contribution in [0.2, 0.25) is 0 Å². The molecule has 0 bridgehead atoms. The number of thiol groups is 1. The summed E-state index contributed by atoms with van der Waals surface area (Å²) in [6, 6.07) is 0. The fraction of sp³-hybridized carbons (Fsp3) is 0.833. The van der Waals surface area contributed by atoms with Crippen molar-refractivity contribution in [3.05, 3.63) is 0 Å². The Morgan fingerprint density at radius 3 is 2.70 bits per heavy atom. The Morgan fingerprint density at radius 2 is 2.30 bits per heavy atom. The van der Waals surface area contributed by atoms with E-state index < -0.39 is 0 Å². The Hall–Kier alpha value is -0.220. The van der Waals surface area contributed by atoms with Crippen LogP contribution in [-0.4, -0.2) is 18.7 Å². The lowest BCUT2D eigenvalue weighted by Crippen LogP contribution is -2.17. The van der Waals surface area contributed by atoms with Gasteiger partial charge >= 0.3 is 5.97 Å². The highest BCUT2D eigenvalue weighted by molar-refractivity contribution is 7.75. The van der Waals surface area contributed by atoms with Gasteiger partial charge in [0.05, 0.1) is 6.61 Å². The number of esters is 1. The van der Waals surface area contributed by atoms with Crippen LogP contribution in [-0.2, 0) is 13.7 Å². The van der Waals surface area contributed by atoms with E-state index in [1.54, 1.807) is 13.8 Å². The number of carbonyl (C=O) groups excluding carboxylic acids is 1. The van der Waals surface area contributed by atoms with E-state index >= 15 is 0 Å². The summed E-state index contributed by atoms with van der Waals surface area (Å²) in [5.74, 6) is -0.210. The molecule has 0 aliphatic heterocycles. The van der Waals surface area contributed by atoms with Gasteiger partial charge in [0, 0.05) is 6.42 Å². The van der Waals surface area contributed by atoms with E-state index in [1.807, 2.05) is 0 Å². The molecule has 0 spiro atoms. The lowest BCUT2D eigenvalue weighted by Gasteiger charge is -2.09. The van der Waals surface area contributed by atoms with Gasteiger partial charge in [-0.3, -0.25) is 4.79 Å². The molecule has 0 aromatic rings. The molecule has 0 aliphatic carbocycles. The monoisotopic (exact) mass is 164 g/mol. The van der Waals surface area contributed by atoms with Crippen molar-refractivity contribution in [2.24, 2.45) is 0 Å². The Labute approximate surface area is 66.3 Å². The van der Waals surface area contributed by atoms with Crippen LogP contribution in [0.1, 0.15) is 20.3 Å². The minimum atomic E-state index is -0.210. The molecular weight excluding hydrogens is 152 g/mol. The molecule has 4 heteroatoms. The molecule has 0 aliphatic rings. The van der Waals surface area contributed by atoms with Crippen LogP contribution < -0.4 is 0 Å². The molecular formula is C6H12O3S. The maximum atomic E-state index is 10.6. The highest BCUT2D eigenvalue weighted by atomic mass is 32.1. The van der Waals surface area contributed by atoms with Crippen LogP contribution in [0.15, 0.2) is 0 Å². The number of rotatable bonds is 4. The predicted octanol–water partition coefficient (Wildman–Crippen LogP) is 1.19. The first-order valence-electron chi connectivity index (χ1n) is 3.16. The van der Waals surface area contributed by atoms with Gasteiger partial charge in [-0.05, 0) is 19.8 Å². The van der Waals surface area contributed by atoms with E-state index in [2.05, 4.69) is 17.1 Å². The van der Waals surface area contributed by atoms with Crippen molar-refractivity contribution in [3.8, 4) is 0 Å². The summed E-state index contributed by atoms with van der Waals surface area (Å²) in [6.07, 6.45) is 0.196. The second-order valence-corrected chi connectivity index (χ2v) is 2.21. The molecule has 0 aromatic carbocycles. The molecule has 1 atom stereocenters. The van der Waals surface area contributed by atoms with E-state index in [0.717, 1.165) is 0 Å². The van der Waals surface area contributed by atoms with Gasteiger partial charge in [0.15, 0.2) is 0 Å². The number of hydrogen-bond acceptors (Lipinski definition) is 4. The van der Waals surface area contributed by atoms with Crippen molar-refractivity contribution in [2.45, 2.75) is 26.4 Å². The lowest BCUT2D eigenvalue weighted by atomic mass is 10.4. The molecule has 1 unspecified atom stereocenters. The molecule has 0 saturated carbocycles. The fourth-order valence-electron chi connectivity index (χ4n) is 0.447. The standard InChI is InChI=1S/C6H12O3S/c1-3-6(7)9-5(2)4-8-10/h5,10H,3-4H2,1-2H3. The summed E-state index contributed by atoms with van der Waals surface area (Å²) in [7, 11) is 0. The highest BCUT2D eigenvalue weighted by Gasteiger charge is 2.05. The number of hydrogen-bond donors (Lipinski definition) is 1. The molecule has 60 valence electrons. The summed E-state index contributed by atoms with van der Waals surface area (Å²) < 4.78 is 9.29. The minimum Gasteiger partial charge on any atom is -0.460 e. The molecule has 0 N–H and O–H groups in total. The average Bonchev–Trinajstić information content (AvgIpc) is 1.88. The van der Waals surface area contributed by atoms with Gasteiger partial charge in [0.25, 0.3) is 0 Å². The van der Waals surface area contributed by atoms with E-state index in [0.29, 0.717) is 13.0 Å². The van der Waals surface area contributed by atoms with Gasteiger partial charge in [0.1, 0.15) is 6.10 Å². The van der Waals surface area contributed by atoms with E-state index in [-0.39, 0.29) is 12.1 Å². The van der Waals surface area contributed by atoms with Crippen LogP contribution in [0.5, 0.6) is 0 Å². The average molecular weight is 164 g/mol. The number of ether oxygens (including phenoxy) is 1. The topological polar surface area (TPSA) is 35.5 Å². The van der Waals surface area contributed by atoms with E-state index in [4.69, 9.17) is 4.74 Å². The summed E-state index contributed by atoms with van der Waals surface area (Å²) >= 11 is 3.52. The highest BCUT2D eigenvalue weighted by Crippen LogP contribution is 1.95. The Kier molecular flexibility index (Phi) is 5.43. The van der Waals surface area contributed by atoms with Gasteiger partial charge < -0.3 is 8.92 Å². The van der Waals surface area contributed by atoms with Gasteiger partial charge in [-0.25, -0.2) is 0 Å². The van der Waals surface area contributed by atoms with E-state index in [9.17, 15) is 4.79 Å². The molecule has 0 amide bonds. The van der Waals surface area contributed by atoms with Crippen molar-refractivity contribution in [2.75, 3.05) is 6.61 Å². The van der Waals surface area contributed by atoms with E-state index in [1.165, 1.54) is 0 Å². The zero-order chi connectivity index (χ0) is 7.98. The van der Waals surface area contributed by atoms with Gasteiger partial charge in [-0.15, -0.1) is 0 Å². The van der Waals surface area contributed by atoms with Crippen molar-refractivity contribution in [1.82, 2.24) is 0 Å². The first-order chi connectivity index (χ1) is 4.70. The molecule has 0 aromatic heterocycles. The van der Waals surface area contributed by atoms with Crippen molar-refractivity contribution in [1.29, 1.82) is 0 Å². The molecule has 0 fully saturated rings. The smallest absolute Gasteiger partial charge is 0.305 e. The van der Waals surface area contributed by atoms with Gasteiger partial charge in [-0.2, -0.15) is 0 Å². The normalized spacial score (nSPS) is 12.7. The quantitative estimate of drug-likeness (QED) is 0.385. The second-order valence-electron chi connectivity index (χ2n) is 1.95.